The summed E-state index contributed by atoms with van der Waals surface area (Å²) in [4.78, 5) is 60.9. The number of aryl methyl sites for hydroxylation is 3. The van der Waals surface area contributed by atoms with Crippen molar-refractivity contribution < 1.29 is 45.2 Å². The van der Waals surface area contributed by atoms with E-state index in [0.29, 0.717) is 53.8 Å². The van der Waals surface area contributed by atoms with E-state index in [0.717, 1.165) is 141 Å². The Bertz CT molecular complexity index is 5550. The summed E-state index contributed by atoms with van der Waals surface area (Å²) >= 11 is 0. The van der Waals surface area contributed by atoms with Crippen LogP contribution in [0.5, 0.6) is 0 Å². The molecule has 30 heteroatoms. The SMILES string of the molecule is CN1CCN(Cc2cc(NC(=O)Nc3ccc(-c4cc(C(C)(C)C)nc5c4cnn5C)cc3)cc(C(F)(F)F)c2)CC1.CN1CCN(Cc2ccc(NC(=O)Nc3ccc(-c4cc(C(C)(C)C)nc5c4cnn5C)cc3)cc2C(F)(F)F)CC1.Cn1ncc2c(-c3ccc(NC(=O)Nc4cc(C(C)(C)C)on4)cc3)cc(C(C)(C)C)nc21. The molecule has 9 heterocycles. The van der Waals surface area contributed by atoms with E-state index >= 15 is 0 Å². The summed E-state index contributed by atoms with van der Waals surface area (Å²) in [7, 11) is 9.64. The fraction of sp³-hybridized carbons (Fsp3) is 0.379. The zero-order valence-electron chi connectivity index (χ0n) is 69.2. The molecule has 6 amide bonds. The molecule has 12 aromatic rings. The molecule has 0 saturated carbocycles. The zero-order chi connectivity index (χ0) is 84.4. The van der Waals surface area contributed by atoms with E-state index in [1.807, 2.05) is 116 Å². The fourth-order valence-electron chi connectivity index (χ4n) is 13.6. The first-order chi connectivity index (χ1) is 54.9. The van der Waals surface area contributed by atoms with E-state index in [1.54, 1.807) is 62.8 Å². The summed E-state index contributed by atoms with van der Waals surface area (Å²) in [6, 6.07) is 36.3. The number of alkyl halides is 6. The van der Waals surface area contributed by atoms with Crippen LogP contribution in [0.4, 0.5) is 75.0 Å². The van der Waals surface area contributed by atoms with Crippen molar-refractivity contribution in [3.8, 4) is 33.4 Å². The van der Waals surface area contributed by atoms with E-state index in [1.165, 1.54) is 12.1 Å². The van der Waals surface area contributed by atoms with Crippen LogP contribution in [0.2, 0.25) is 0 Å². The zero-order valence-corrected chi connectivity index (χ0v) is 69.2. The number of aromatic nitrogens is 10. The Morgan fingerprint density at radius 2 is 0.744 bits per heavy atom. The lowest BCUT2D eigenvalue weighted by Gasteiger charge is -2.33. The Labute approximate surface area is 676 Å². The maximum atomic E-state index is 13.9. The number of piperazine rings is 2. The number of benzene rings is 5. The molecule has 616 valence electrons. The van der Waals surface area contributed by atoms with Crippen LogP contribution < -0.4 is 31.9 Å². The summed E-state index contributed by atoms with van der Waals surface area (Å²) < 4.78 is 93.4. The Kier molecular flexibility index (Phi) is 24.6. The fourth-order valence-corrected chi connectivity index (χ4v) is 13.6. The number of rotatable bonds is 13. The summed E-state index contributed by atoms with van der Waals surface area (Å²) in [6.45, 7) is 32.0. The molecule has 117 heavy (non-hydrogen) atoms. The van der Waals surface area contributed by atoms with Gasteiger partial charge in [0.25, 0.3) is 0 Å². The number of pyridine rings is 3. The molecule has 2 saturated heterocycles. The Morgan fingerprint density at radius 3 is 1.10 bits per heavy atom. The largest absolute Gasteiger partial charge is 0.416 e. The minimum absolute atomic E-state index is 0.0732. The second-order valence-corrected chi connectivity index (χ2v) is 34.2. The first-order valence-corrected chi connectivity index (χ1v) is 38.7. The van der Waals surface area contributed by atoms with Crippen LogP contribution in [-0.4, -0.2) is 154 Å². The van der Waals surface area contributed by atoms with Crippen LogP contribution in [0.1, 0.15) is 128 Å². The van der Waals surface area contributed by atoms with Gasteiger partial charge >= 0.3 is 30.4 Å². The molecule has 0 unspecified atom stereocenters. The van der Waals surface area contributed by atoms with Gasteiger partial charge in [-0.05, 0) is 144 Å². The van der Waals surface area contributed by atoms with Crippen LogP contribution in [0, 0.1) is 0 Å². The molecule has 14 rings (SSSR count). The predicted octanol–water partition coefficient (Wildman–Crippen LogP) is 18.5. The summed E-state index contributed by atoms with van der Waals surface area (Å²) in [5.41, 5.74) is 11.6. The molecule has 2 aliphatic heterocycles. The van der Waals surface area contributed by atoms with Crippen LogP contribution in [0.15, 0.2) is 157 Å². The first-order valence-electron chi connectivity index (χ1n) is 38.7. The van der Waals surface area contributed by atoms with Gasteiger partial charge in [-0.25, -0.2) is 29.3 Å². The number of carbonyl (C=O) groups excluding carboxylic acids is 3. The number of anilines is 6. The van der Waals surface area contributed by atoms with Crippen molar-refractivity contribution in [1.82, 2.24) is 69.0 Å². The van der Waals surface area contributed by atoms with Crippen molar-refractivity contribution in [3.05, 3.63) is 197 Å². The molecule has 2 fully saturated rings. The molecule has 0 spiro atoms. The molecule has 0 atom stereocenters. The lowest BCUT2D eigenvalue weighted by Crippen LogP contribution is -2.44. The smallest absolute Gasteiger partial charge is 0.359 e. The van der Waals surface area contributed by atoms with Gasteiger partial charge in [-0.2, -0.15) is 41.6 Å². The van der Waals surface area contributed by atoms with Crippen LogP contribution in [-0.2, 0) is 68.2 Å². The minimum atomic E-state index is -4.54. The Balaban J connectivity index is 0.000000163. The molecular formula is C87H102F6N20O4. The topological polar surface area (TPSA) is 255 Å². The van der Waals surface area contributed by atoms with Gasteiger partial charge in [0.1, 0.15) is 5.76 Å². The third-order valence-electron chi connectivity index (χ3n) is 20.5. The van der Waals surface area contributed by atoms with Gasteiger partial charge in [-0.1, -0.05) is 131 Å². The second kappa shape index (κ2) is 33.9. The first kappa shape index (κ1) is 84.8. The lowest BCUT2D eigenvalue weighted by atomic mass is 9.89. The van der Waals surface area contributed by atoms with Crippen LogP contribution in [0.25, 0.3) is 66.5 Å². The van der Waals surface area contributed by atoms with E-state index < -0.39 is 35.5 Å². The number of carbonyl (C=O) groups is 3. The maximum Gasteiger partial charge on any atom is 0.416 e. The van der Waals surface area contributed by atoms with Crippen molar-refractivity contribution in [2.75, 3.05) is 98.4 Å². The Hall–Kier alpha value is -11.6. The van der Waals surface area contributed by atoms with E-state index in [2.05, 4.69) is 148 Å². The monoisotopic (exact) mass is 1600 g/mol. The molecule has 0 aliphatic carbocycles. The standard InChI is InChI=1S/2C31H36F3N7O.C25H30N6O2/c1-30(2,3)27-17-24(25-18-35-40(5)28(25)38-27)20-6-9-22(10-7-20)36-29(42)37-23-11-8-21(26(16-23)31(32,33)34)19-41-14-12-39(4)13-15-41;1-30(2,3)27-17-25(26-18-35-40(5)28(26)38-27)21-6-8-23(9-7-21)36-29(42)37-24-15-20(14-22(16-24)31(32,33)34)19-41-12-10-39(4)11-13-41;1-24(2,3)19-12-17(18-14-26-31(7)22(18)28-19)15-8-10-16(11-9-15)27-23(32)29-21-13-20(33-30-21)25(4,5)6/h6-11,16-18H,12-15,19H2,1-5H3,(H2,36,37,42);6-9,14-18H,10-13,19H2,1-5H3,(H2,36,37,42);8-14H,1-7H3,(H2,27,29,30,32). The number of halogens is 6. The molecule has 0 radical (unpaired) electrons. The average molecular weight is 1610 g/mol. The highest BCUT2D eigenvalue weighted by atomic mass is 19.4. The highest BCUT2D eigenvalue weighted by Gasteiger charge is 2.36. The van der Waals surface area contributed by atoms with Crippen molar-refractivity contribution in [1.29, 1.82) is 0 Å². The number of nitrogens with one attached hydrogen (secondary N) is 6. The molecule has 6 N–H and O–H groups in total. The lowest BCUT2D eigenvalue weighted by molar-refractivity contribution is -0.139. The van der Waals surface area contributed by atoms with Gasteiger partial charge in [0, 0.05) is 176 Å². The summed E-state index contributed by atoms with van der Waals surface area (Å²) in [5, 5.41) is 36.0. The van der Waals surface area contributed by atoms with Crippen molar-refractivity contribution in [2.45, 2.75) is 130 Å². The number of hydrogen-bond acceptors (Lipinski definition) is 15. The highest BCUT2D eigenvalue weighted by Crippen LogP contribution is 2.40. The van der Waals surface area contributed by atoms with Crippen molar-refractivity contribution in [3.63, 3.8) is 0 Å². The van der Waals surface area contributed by atoms with E-state index in [-0.39, 0.29) is 51.2 Å². The number of hydrogen-bond donors (Lipinski definition) is 6. The van der Waals surface area contributed by atoms with Gasteiger partial charge in [0.2, 0.25) is 0 Å². The minimum Gasteiger partial charge on any atom is -0.359 e. The number of fused-ring (bicyclic) bond motifs is 3. The van der Waals surface area contributed by atoms with E-state index in [4.69, 9.17) is 19.5 Å². The molecule has 7 aromatic heterocycles. The molecular weight excluding hydrogens is 1500 g/mol. The molecule has 24 nitrogen and oxygen atoms in total. The van der Waals surface area contributed by atoms with Gasteiger partial charge in [-0.15, -0.1) is 0 Å². The number of amides is 6. The Morgan fingerprint density at radius 1 is 0.385 bits per heavy atom. The van der Waals surface area contributed by atoms with Crippen molar-refractivity contribution in [2.24, 2.45) is 21.1 Å². The molecule has 5 aromatic carbocycles. The van der Waals surface area contributed by atoms with Gasteiger partial charge in [-0.3, -0.25) is 29.2 Å². The average Bonchev–Trinajstić information content (AvgIpc) is 1.69. The summed E-state index contributed by atoms with van der Waals surface area (Å²) in [5.74, 6) is 1.08. The third-order valence-corrected chi connectivity index (χ3v) is 20.5. The quantitative estimate of drug-likeness (QED) is 0.0587. The van der Waals surface area contributed by atoms with E-state index in [9.17, 15) is 40.7 Å². The third kappa shape index (κ3) is 21.2. The predicted molar refractivity (Wildman–Crippen MR) is 449 cm³/mol. The van der Waals surface area contributed by atoms with Gasteiger partial charge in [0.05, 0.1) is 29.7 Å². The number of nitrogens with zero attached hydrogens (tertiary/aromatic N) is 14. The number of urea groups is 3. The maximum absolute atomic E-state index is 13.9. The normalized spacial score (nSPS) is 14.4. The van der Waals surface area contributed by atoms with Crippen molar-refractivity contribution >= 4 is 85.4 Å². The summed E-state index contributed by atoms with van der Waals surface area (Å²) in [6.07, 6.45) is -3.65. The second-order valence-electron chi connectivity index (χ2n) is 34.2. The van der Waals surface area contributed by atoms with Crippen LogP contribution in [0.3, 0.4) is 0 Å². The van der Waals surface area contributed by atoms with Gasteiger partial charge < -0.3 is 40.9 Å². The highest BCUT2D eigenvalue weighted by molar-refractivity contribution is 6.03. The number of likely N-dealkylation sites (N-methyl/N-ethyl adjacent to an activating group) is 2. The van der Waals surface area contributed by atoms with Gasteiger partial charge in [0.15, 0.2) is 22.8 Å². The molecule has 2 aliphatic rings. The molecule has 0 bridgehead atoms. The van der Waals surface area contributed by atoms with Crippen LogP contribution >= 0.6 is 0 Å².